The zero-order valence-electron chi connectivity index (χ0n) is 10.4. The number of hydrogen-bond acceptors (Lipinski definition) is 2. The van der Waals surface area contributed by atoms with Crippen molar-refractivity contribution in [3.8, 4) is 0 Å². The van der Waals surface area contributed by atoms with Crippen LogP contribution in [-0.4, -0.2) is 17.7 Å². The molecule has 0 unspecified atom stereocenters. The van der Waals surface area contributed by atoms with Crippen molar-refractivity contribution in [1.82, 2.24) is 5.32 Å². The maximum Gasteiger partial charge on any atom is 0.319 e. The van der Waals surface area contributed by atoms with Crippen molar-refractivity contribution in [2.24, 2.45) is 0 Å². The van der Waals surface area contributed by atoms with Crippen molar-refractivity contribution in [2.45, 2.75) is 6.10 Å². The molecule has 3 N–H and O–H groups in total. The average molecular weight is 256 g/mol. The first kappa shape index (κ1) is 13.1. The van der Waals surface area contributed by atoms with Crippen LogP contribution in [0.1, 0.15) is 11.7 Å². The van der Waals surface area contributed by atoms with Crippen molar-refractivity contribution in [2.75, 3.05) is 11.9 Å². The normalized spacial score (nSPS) is 11.6. The molecule has 0 aromatic heterocycles. The Labute approximate surface area is 112 Å². The van der Waals surface area contributed by atoms with Crippen molar-refractivity contribution >= 4 is 11.7 Å². The number of urea groups is 1. The highest BCUT2D eigenvalue weighted by Gasteiger charge is 2.08. The van der Waals surface area contributed by atoms with Gasteiger partial charge in [-0.25, -0.2) is 4.79 Å². The molecule has 4 nitrogen and oxygen atoms in total. The third-order valence-corrected chi connectivity index (χ3v) is 2.67. The van der Waals surface area contributed by atoms with Gasteiger partial charge >= 0.3 is 6.03 Å². The van der Waals surface area contributed by atoms with Gasteiger partial charge in [-0.2, -0.15) is 0 Å². The molecule has 98 valence electrons. The van der Waals surface area contributed by atoms with Gasteiger partial charge in [0.25, 0.3) is 0 Å². The lowest BCUT2D eigenvalue weighted by Gasteiger charge is -2.12. The van der Waals surface area contributed by atoms with E-state index in [1.807, 2.05) is 48.5 Å². The number of anilines is 1. The van der Waals surface area contributed by atoms with Crippen LogP contribution >= 0.6 is 0 Å². The quantitative estimate of drug-likeness (QED) is 0.787. The van der Waals surface area contributed by atoms with Gasteiger partial charge < -0.3 is 15.7 Å². The summed E-state index contributed by atoms with van der Waals surface area (Å²) in [7, 11) is 0. The van der Waals surface area contributed by atoms with Crippen molar-refractivity contribution in [3.05, 3.63) is 66.2 Å². The highest BCUT2D eigenvalue weighted by Crippen LogP contribution is 2.10. The smallest absolute Gasteiger partial charge is 0.319 e. The number of carbonyl (C=O) groups excluding carboxylic acids is 1. The SMILES string of the molecule is O=C(NC[C@@H](O)c1ccccc1)Nc1ccccc1. The Hall–Kier alpha value is -2.33. The lowest BCUT2D eigenvalue weighted by atomic mass is 10.1. The monoisotopic (exact) mass is 256 g/mol. The minimum Gasteiger partial charge on any atom is -0.387 e. The van der Waals surface area contributed by atoms with E-state index in [1.54, 1.807) is 12.1 Å². The molecule has 0 radical (unpaired) electrons. The van der Waals surface area contributed by atoms with E-state index in [-0.39, 0.29) is 12.6 Å². The highest BCUT2D eigenvalue weighted by molar-refractivity contribution is 5.89. The second kappa shape index (κ2) is 6.56. The molecule has 0 saturated heterocycles. The van der Waals surface area contributed by atoms with Crippen molar-refractivity contribution < 1.29 is 9.90 Å². The maximum absolute atomic E-state index is 11.6. The van der Waals surface area contributed by atoms with E-state index in [0.29, 0.717) is 5.69 Å². The zero-order chi connectivity index (χ0) is 13.5. The summed E-state index contributed by atoms with van der Waals surface area (Å²) in [5, 5.41) is 15.2. The number of carbonyl (C=O) groups is 1. The molecule has 2 amide bonds. The third-order valence-electron chi connectivity index (χ3n) is 2.67. The molecular formula is C15H16N2O2. The molecule has 1 atom stereocenters. The Kier molecular flexibility index (Phi) is 4.53. The molecule has 19 heavy (non-hydrogen) atoms. The van der Waals surface area contributed by atoms with Crippen LogP contribution in [0.15, 0.2) is 60.7 Å². The Morgan fingerprint density at radius 2 is 1.58 bits per heavy atom. The van der Waals surface area contributed by atoms with E-state index < -0.39 is 6.10 Å². The fourth-order valence-corrected chi connectivity index (χ4v) is 1.68. The molecule has 0 aliphatic carbocycles. The van der Waals surface area contributed by atoms with E-state index in [1.165, 1.54) is 0 Å². The summed E-state index contributed by atoms with van der Waals surface area (Å²) in [6.45, 7) is 0.169. The Balaban J connectivity index is 1.81. The molecule has 0 aliphatic rings. The Morgan fingerprint density at radius 3 is 2.21 bits per heavy atom. The van der Waals surface area contributed by atoms with Crippen LogP contribution in [0.4, 0.5) is 10.5 Å². The van der Waals surface area contributed by atoms with Gasteiger partial charge in [-0.3, -0.25) is 0 Å². The van der Waals surface area contributed by atoms with Gasteiger partial charge in [0.05, 0.1) is 6.10 Å². The lowest BCUT2D eigenvalue weighted by molar-refractivity contribution is 0.175. The van der Waals surface area contributed by atoms with E-state index in [0.717, 1.165) is 5.56 Å². The first-order valence-corrected chi connectivity index (χ1v) is 6.08. The maximum atomic E-state index is 11.6. The molecule has 0 spiro atoms. The molecule has 2 aromatic rings. The summed E-state index contributed by atoms with van der Waals surface area (Å²) in [6, 6.07) is 18.0. The first-order chi connectivity index (χ1) is 9.25. The van der Waals surface area contributed by atoms with Crippen LogP contribution in [-0.2, 0) is 0 Å². The molecule has 0 fully saturated rings. The average Bonchev–Trinajstić information content (AvgIpc) is 2.47. The zero-order valence-corrected chi connectivity index (χ0v) is 10.4. The van der Waals surface area contributed by atoms with Crippen LogP contribution < -0.4 is 10.6 Å². The van der Waals surface area contributed by atoms with Gasteiger partial charge in [0.2, 0.25) is 0 Å². The van der Waals surface area contributed by atoms with Crippen LogP contribution in [0.25, 0.3) is 0 Å². The Morgan fingerprint density at radius 1 is 1.00 bits per heavy atom. The van der Waals surface area contributed by atoms with E-state index in [4.69, 9.17) is 0 Å². The van der Waals surface area contributed by atoms with Crippen LogP contribution in [0.5, 0.6) is 0 Å². The lowest BCUT2D eigenvalue weighted by Crippen LogP contribution is -2.32. The molecule has 4 heteroatoms. The molecule has 0 aliphatic heterocycles. The number of para-hydroxylation sites is 1. The molecule has 2 aromatic carbocycles. The number of rotatable bonds is 4. The molecule has 0 bridgehead atoms. The fourth-order valence-electron chi connectivity index (χ4n) is 1.68. The molecular weight excluding hydrogens is 240 g/mol. The number of amides is 2. The molecule has 0 heterocycles. The van der Waals surface area contributed by atoms with Gasteiger partial charge in [0.15, 0.2) is 0 Å². The number of hydrogen-bond donors (Lipinski definition) is 3. The highest BCUT2D eigenvalue weighted by atomic mass is 16.3. The topological polar surface area (TPSA) is 61.4 Å². The third kappa shape index (κ3) is 4.12. The summed E-state index contributed by atoms with van der Waals surface area (Å²) in [6.07, 6.45) is -0.706. The van der Waals surface area contributed by atoms with Crippen LogP contribution in [0.2, 0.25) is 0 Å². The van der Waals surface area contributed by atoms with Crippen molar-refractivity contribution in [3.63, 3.8) is 0 Å². The second-order valence-electron chi connectivity index (χ2n) is 4.13. The number of benzene rings is 2. The largest absolute Gasteiger partial charge is 0.387 e. The predicted molar refractivity (Wildman–Crippen MR) is 74.9 cm³/mol. The summed E-state index contributed by atoms with van der Waals surface area (Å²) in [5.41, 5.74) is 1.50. The van der Waals surface area contributed by atoms with Gasteiger partial charge in [-0.1, -0.05) is 48.5 Å². The summed E-state index contributed by atoms with van der Waals surface area (Å²) in [4.78, 5) is 11.6. The van der Waals surface area contributed by atoms with Crippen LogP contribution in [0, 0.1) is 0 Å². The first-order valence-electron chi connectivity index (χ1n) is 6.08. The van der Waals surface area contributed by atoms with Crippen molar-refractivity contribution in [1.29, 1.82) is 0 Å². The van der Waals surface area contributed by atoms with E-state index in [2.05, 4.69) is 10.6 Å². The molecule has 2 rings (SSSR count). The minimum atomic E-state index is -0.706. The van der Waals surface area contributed by atoms with E-state index in [9.17, 15) is 9.90 Å². The van der Waals surface area contributed by atoms with Gasteiger partial charge in [-0.15, -0.1) is 0 Å². The number of aliphatic hydroxyl groups excluding tert-OH is 1. The molecule has 0 saturated carbocycles. The van der Waals surface area contributed by atoms with Gasteiger partial charge in [0, 0.05) is 12.2 Å². The van der Waals surface area contributed by atoms with Gasteiger partial charge in [-0.05, 0) is 17.7 Å². The number of aliphatic hydroxyl groups is 1. The second-order valence-corrected chi connectivity index (χ2v) is 4.13. The summed E-state index contributed by atoms with van der Waals surface area (Å²) < 4.78 is 0. The number of nitrogens with one attached hydrogen (secondary N) is 2. The fraction of sp³-hybridized carbons (Fsp3) is 0.133. The van der Waals surface area contributed by atoms with Gasteiger partial charge in [0.1, 0.15) is 0 Å². The summed E-state index contributed by atoms with van der Waals surface area (Å²) >= 11 is 0. The van der Waals surface area contributed by atoms with Crippen LogP contribution in [0.3, 0.4) is 0 Å². The van der Waals surface area contributed by atoms with E-state index >= 15 is 0 Å². The predicted octanol–water partition coefficient (Wildman–Crippen LogP) is 2.54. The minimum absolute atomic E-state index is 0.169. The summed E-state index contributed by atoms with van der Waals surface area (Å²) in [5.74, 6) is 0. The standard InChI is InChI=1S/C15H16N2O2/c18-14(12-7-3-1-4-8-12)11-16-15(19)17-13-9-5-2-6-10-13/h1-10,14,18H,11H2,(H2,16,17,19)/t14-/m1/s1. The Bertz CT molecular complexity index is 514.